The lowest BCUT2D eigenvalue weighted by Gasteiger charge is -2.51. The SMILES string of the molecule is [2H]C([2H])([2H])c1ccc2c3c1c1cccc(C)c1c1n3c(c(-c3ccccc3)[n+]1C)C13CCCCC21CCC3. The Bertz CT molecular complexity index is 1810. The molecule has 2 heteroatoms. The number of benzene rings is 3. The average molecular weight is 461 g/mol. The maximum absolute atomic E-state index is 8.56. The molecular formula is C33H33N2+. The highest BCUT2D eigenvalue weighted by Crippen LogP contribution is 2.67. The fraction of sp³-hybridized carbons (Fsp3) is 0.364. The van der Waals surface area contributed by atoms with Gasteiger partial charge in [-0.2, -0.15) is 4.40 Å². The Hall–Kier alpha value is -3.13. The van der Waals surface area contributed by atoms with E-state index in [1.54, 1.807) is 0 Å². The van der Waals surface area contributed by atoms with Gasteiger partial charge in [0.1, 0.15) is 5.52 Å². The summed E-state index contributed by atoms with van der Waals surface area (Å²) >= 11 is 0. The monoisotopic (exact) mass is 460 g/mol. The lowest BCUT2D eigenvalue weighted by molar-refractivity contribution is -0.632. The van der Waals surface area contributed by atoms with Crippen molar-refractivity contribution in [3.63, 3.8) is 0 Å². The molecule has 35 heavy (non-hydrogen) atoms. The molecule has 1 aliphatic heterocycles. The molecule has 5 aromatic rings. The van der Waals surface area contributed by atoms with Gasteiger partial charge in [-0.1, -0.05) is 79.9 Å². The molecule has 2 unspecified atom stereocenters. The molecule has 2 aliphatic carbocycles. The summed E-state index contributed by atoms with van der Waals surface area (Å²) in [6.45, 7) is -0.0124. The molecule has 8 rings (SSSR count). The number of aryl methyl sites for hydroxylation is 3. The number of pyridine rings is 1. The second-order valence-electron chi connectivity index (χ2n) is 11.4. The van der Waals surface area contributed by atoms with Crippen molar-refractivity contribution in [2.45, 2.75) is 69.6 Å². The van der Waals surface area contributed by atoms with E-state index in [4.69, 9.17) is 4.11 Å². The number of fused-ring (bicyclic) bond motifs is 3. The van der Waals surface area contributed by atoms with Crippen LogP contribution in [0.2, 0.25) is 0 Å². The van der Waals surface area contributed by atoms with Gasteiger partial charge in [-0.3, -0.25) is 0 Å². The second-order valence-corrected chi connectivity index (χ2v) is 11.4. The van der Waals surface area contributed by atoms with Crippen molar-refractivity contribution < 1.29 is 8.68 Å². The molecule has 0 bridgehead atoms. The van der Waals surface area contributed by atoms with E-state index in [1.165, 1.54) is 84.1 Å². The summed E-state index contributed by atoms with van der Waals surface area (Å²) in [5.41, 5.74) is 9.54. The molecule has 2 saturated carbocycles. The minimum atomic E-state index is -2.19. The standard InChI is InChI=1S/C33H33N2/c1-21-11-9-14-24-26-22(2)15-16-25-29(26)35-30(33-18-8-7-17-32(25,33)19-10-20-33)28(23-12-5-4-6-13-23)34(3)31(35)27(21)24/h4-6,9,11-16H,7-8,10,17-20H2,1-3H3/q+1/i2D3. The Labute approximate surface area is 211 Å². The Kier molecular flexibility index (Phi) is 3.24. The summed E-state index contributed by atoms with van der Waals surface area (Å²) in [5, 5.41) is 3.18. The van der Waals surface area contributed by atoms with Crippen molar-refractivity contribution in [2.24, 2.45) is 7.05 Å². The first kappa shape index (κ1) is 17.3. The van der Waals surface area contributed by atoms with Crippen LogP contribution in [0.25, 0.3) is 38.6 Å². The van der Waals surface area contributed by atoms with Crippen LogP contribution in [0, 0.1) is 13.8 Å². The van der Waals surface area contributed by atoms with E-state index in [0.717, 1.165) is 16.3 Å². The normalized spacial score (nSPS) is 26.6. The van der Waals surface area contributed by atoms with Crippen LogP contribution in [0.4, 0.5) is 0 Å². The molecule has 174 valence electrons. The van der Waals surface area contributed by atoms with Crippen LogP contribution in [0.15, 0.2) is 60.7 Å². The molecular weight excluding hydrogens is 424 g/mol. The van der Waals surface area contributed by atoms with E-state index in [2.05, 4.69) is 77.5 Å². The van der Waals surface area contributed by atoms with Gasteiger partial charge in [-0.15, -0.1) is 0 Å². The topological polar surface area (TPSA) is 8.29 Å². The van der Waals surface area contributed by atoms with Crippen LogP contribution >= 0.6 is 0 Å². The summed E-state index contributed by atoms with van der Waals surface area (Å²) in [5.74, 6) is 0. The predicted molar refractivity (Wildman–Crippen MR) is 144 cm³/mol. The molecule has 0 spiro atoms. The molecule has 2 nitrogen and oxygen atoms in total. The largest absolute Gasteiger partial charge is 0.295 e. The Balaban J connectivity index is 1.74. The van der Waals surface area contributed by atoms with Gasteiger partial charge in [0.15, 0.2) is 11.4 Å². The van der Waals surface area contributed by atoms with Crippen LogP contribution in [0.3, 0.4) is 0 Å². The fourth-order valence-corrected chi connectivity index (χ4v) is 8.89. The zero-order chi connectivity index (χ0) is 26.0. The van der Waals surface area contributed by atoms with Crippen molar-refractivity contribution in [1.29, 1.82) is 0 Å². The lowest BCUT2D eigenvalue weighted by atomic mass is 9.52. The van der Waals surface area contributed by atoms with Gasteiger partial charge in [-0.25, -0.2) is 4.57 Å². The Morgan fingerprint density at radius 1 is 0.800 bits per heavy atom. The summed E-state index contributed by atoms with van der Waals surface area (Å²) in [6.07, 6.45) is 8.50. The maximum atomic E-state index is 8.56. The molecule has 2 fully saturated rings. The van der Waals surface area contributed by atoms with Gasteiger partial charge in [-0.05, 0) is 50.6 Å². The molecule has 0 saturated heterocycles. The highest BCUT2D eigenvalue weighted by atomic mass is 15.1. The smallest absolute Gasteiger partial charge is 0.225 e. The van der Waals surface area contributed by atoms with Crippen LogP contribution in [0.5, 0.6) is 0 Å². The molecule has 0 amide bonds. The number of imidazole rings is 1. The zero-order valence-electron chi connectivity index (χ0n) is 23.6. The molecule has 0 N–H and O–H groups in total. The molecule has 2 atom stereocenters. The summed E-state index contributed by atoms with van der Waals surface area (Å²) in [7, 11) is 2.23. The predicted octanol–water partition coefficient (Wildman–Crippen LogP) is 7.60. The summed E-state index contributed by atoms with van der Waals surface area (Å²) in [6, 6.07) is 21.5. The van der Waals surface area contributed by atoms with Gasteiger partial charge in [0.05, 0.1) is 12.4 Å². The van der Waals surface area contributed by atoms with Gasteiger partial charge in [0, 0.05) is 36.8 Å². The Morgan fingerprint density at radius 3 is 2.40 bits per heavy atom. The highest BCUT2D eigenvalue weighted by Gasteiger charge is 2.64. The first-order chi connectivity index (χ1) is 18.3. The second kappa shape index (κ2) is 6.55. The van der Waals surface area contributed by atoms with Crippen molar-refractivity contribution in [3.05, 3.63) is 83.0 Å². The lowest BCUT2D eigenvalue weighted by Crippen LogP contribution is -2.50. The Morgan fingerprint density at radius 2 is 1.57 bits per heavy atom. The van der Waals surface area contributed by atoms with Gasteiger partial charge in [0.25, 0.3) is 5.65 Å². The first-order valence-corrected chi connectivity index (χ1v) is 13.3. The molecule has 2 aromatic heterocycles. The van der Waals surface area contributed by atoms with Crippen molar-refractivity contribution in [1.82, 2.24) is 4.40 Å². The van der Waals surface area contributed by atoms with Crippen LogP contribution in [-0.4, -0.2) is 4.40 Å². The first-order valence-electron chi connectivity index (χ1n) is 14.8. The number of aromatic nitrogens is 2. The fourth-order valence-electron chi connectivity index (χ4n) is 8.89. The molecule has 0 radical (unpaired) electrons. The van der Waals surface area contributed by atoms with Crippen molar-refractivity contribution >= 4 is 27.3 Å². The zero-order valence-corrected chi connectivity index (χ0v) is 20.6. The molecule has 3 aromatic carbocycles. The van der Waals surface area contributed by atoms with E-state index < -0.39 is 6.85 Å². The third-order valence-corrected chi connectivity index (χ3v) is 10.1. The van der Waals surface area contributed by atoms with Crippen LogP contribution in [-0.2, 0) is 17.9 Å². The van der Waals surface area contributed by atoms with E-state index in [9.17, 15) is 0 Å². The van der Waals surface area contributed by atoms with E-state index in [0.29, 0.717) is 5.56 Å². The minimum Gasteiger partial charge on any atom is -0.225 e. The number of nitrogens with zero attached hydrogens (tertiary/aromatic N) is 2. The number of hydrogen-bond acceptors (Lipinski definition) is 0. The number of hydrogen-bond donors (Lipinski definition) is 0. The highest BCUT2D eigenvalue weighted by molar-refractivity contribution is 6.15. The third kappa shape index (κ3) is 2.13. The maximum Gasteiger partial charge on any atom is 0.295 e. The van der Waals surface area contributed by atoms with E-state index in [-0.39, 0.29) is 10.8 Å². The van der Waals surface area contributed by atoms with Crippen LogP contribution < -0.4 is 4.57 Å². The van der Waals surface area contributed by atoms with E-state index in [1.807, 2.05) is 6.07 Å². The minimum absolute atomic E-state index is 0.0616. The molecule has 3 heterocycles. The van der Waals surface area contributed by atoms with Crippen molar-refractivity contribution in [2.75, 3.05) is 0 Å². The average Bonchev–Trinajstić information content (AvgIpc) is 3.46. The van der Waals surface area contributed by atoms with Crippen molar-refractivity contribution in [3.8, 4) is 11.3 Å². The summed E-state index contributed by atoms with van der Waals surface area (Å²) in [4.78, 5) is 0. The summed E-state index contributed by atoms with van der Waals surface area (Å²) < 4.78 is 30.7. The van der Waals surface area contributed by atoms with Gasteiger partial charge >= 0.3 is 0 Å². The molecule has 3 aliphatic rings. The quantitative estimate of drug-likeness (QED) is 0.180. The van der Waals surface area contributed by atoms with Gasteiger partial charge < -0.3 is 0 Å². The van der Waals surface area contributed by atoms with Crippen LogP contribution in [0.1, 0.15) is 71.4 Å². The third-order valence-electron chi connectivity index (χ3n) is 10.1. The van der Waals surface area contributed by atoms with E-state index >= 15 is 0 Å². The number of rotatable bonds is 1. The van der Waals surface area contributed by atoms with Gasteiger partial charge in [0.2, 0.25) is 0 Å².